The second-order valence-corrected chi connectivity index (χ2v) is 7.84. The Morgan fingerprint density at radius 3 is 2.56 bits per heavy atom. The van der Waals surface area contributed by atoms with Gasteiger partial charge in [0.15, 0.2) is 0 Å². The Morgan fingerprint density at radius 2 is 1.93 bits per heavy atom. The molecule has 0 spiro atoms. The van der Waals surface area contributed by atoms with Gasteiger partial charge < -0.3 is 14.5 Å². The Balaban J connectivity index is 2.00. The third kappa shape index (κ3) is 3.63. The van der Waals surface area contributed by atoms with Crippen LogP contribution in [-0.4, -0.2) is 49.7 Å². The second-order valence-electron chi connectivity index (χ2n) is 7.84. The molecule has 5 heteroatoms. The minimum absolute atomic E-state index is 0.0506. The van der Waals surface area contributed by atoms with Gasteiger partial charge in [0.2, 0.25) is 0 Å². The first kappa shape index (κ1) is 19.2. The van der Waals surface area contributed by atoms with Gasteiger partial charge in [-0.1, -0.05) is 6.08 Å². The van der Waals surface area contributed by atoms with E-state index in [2.05, 4.69) is 57.0 Å². The van der Waals surface area contributed by atoms with Gasteiger partial charge in [-0.25, -0.2) is 0 Å². The normalized spacial score (nSPS) is 19.3. The number of morpholine rings is 1. The number of nitriles is 1. The fraction of sp³-hybridized carbons (Fsp3) is 0.455. The van der Waals surface area contributed by atoms with Gasteiger partial charge in [-0.2, -0.15) is 5.26 Å². The fourth-order valence-corrected chi connectivity index (χ4v) is 3.71. The highest BCUT2D eigenvalue weighted by atomic mass is 16.5. The quantitative estimate of drug-likeness (QED) is 0.595. The summed E-state index contributed by atoms with van der Waals surface area (Å²) in [6.07, 6.45) is 3.97. The van der Waals surface area contributed by atoms with Crippen LogP contribution in [0.3, 0.4) is 0 Å². The molecule has 0 atom stereocenters. The van der Waals surface area contributed by atoms with Gasteiger partial charge in [0.25, 0.3) is 5.91 Å². The highest BCUT2D eigenvalue weighted by molar-refractivity contribution is 6.02. The van der Waals surface area contributed by atoms with Crippen molar-refractivity contribution in [1.29, 1.82) is 5.26 Å². The zero-order valence-corrected chi connectivity index (χ0v) is 16.8. The van der Waals surface area contributed by atoms with E-state index >= 15 is 0 Å². The molecule has 0 bridgehead atoms. The lowest BCUT2D eigenvalue weighted by Crippen LogP contribution is -2.42. The molecule has 0 radical (unpaired) electrons. The molecule has 1 aromatic rings. The average molecular weight is 365 g/mol. The van der Waals surface area contributed by atoms with Gasteiger partial charge in [0.05, 0.1) is 18.8 Å². The van der Waals surface area contributed by atoms with E-state index < -0.39 is 0 Å². The summed E-state index contributed by atoms with van der Waals surface area (Å²) in [5.41, 5.74) is 5.61. The van der Waals surface area contributed by atoms with Gasteiger partial charge >= 0.3 is 0 Å². The molecule has 2 aliphatic rings. The van der Waals surface area contributed by atoms with E-state index in [4.69, 9.17) is 4.74 Å². The fourth-order valence-electron chi connectivity index (χ4n) is 3.71. The summed E-state index contributed by atoms with van der Waals surface area (Å²) < 4.78 is 5.29. The SMILES string of the molecule is CC1=CC(C)(C)N(C)c2cc(C)c(/C=C(/C#N)C(=O)N3CCOCC3)cc21. The molecule has 27 heavy (non-hydrogen) atoms. The van der Waals surface area contributed by atoms with Gasteiger partial charge in [-0.3, -0.25) is 4.79 Å². The third-order valence-corrected chi connectivity index (χ3v) is 5.55. The van der Waals surface area contributed by atoms with Crippen LogP contribution in [0.25, 0.3) is 11.6 Å². The maximum Gasteiger partial charge on any atom is 0.264 e. The number of anilines is 1. The van der Waals surface area contributed by atoms with Crippen molar-refractivity contribution in [2.75, 3.05) is 38.3 Å². The zero-order chi connectivity index (χ0) is 19.8. The Bertz CT molecular complexity index is 868. The first-order valence-corrected chi connectivity index (χ1v) is 9.31. The van der Waals surface area contributed by atoms with E-state index in [9.17, 15) is 10.1 Å². The molecule has 0 N–H and O–H groups in total. The van der Waals surface area contributed by atoms with Crippen molar-refractivity contribution in [1.82, 2.24) is 4.90 Å². The van der Waals surface area contributed by atoms with E-state index in [1.165, 1.54) is 11.3 Å². The maximum atomic E-state index is 12.7. The highest BCUT2D eigenvalue weighted by Crippen LogP contribution is 2.39. The molecule has 0 unspecified atom stereocenters. The monoisotopic (exact) mass is 365 g/mol. The standard InChI is InChI=1S/C22H27N3O2/c1-15-10-20-19(16(2)13-22(3,4)24(20)5)12-17(15)11-18(14-23)21(26)25-6-8-27-9-7-25/h10-13H,6-9H2,1-5H3/b18-11-. The number of carbonyl (C=O) groups excluding carboxylic acids is 1. The molecular weight excluding hydrogens is 338 g/mol. The highest BCUT2D eigenvalue weighted by Gasteiger charge is 2.29. The number of nitrogens with zero attached hydrogens (tertiary/aromatic N) is 3. The number of ether oxygens (including phenoxy) is 1. The van der Waals surface area contributed by atoms with Crippen molar-refractivity contribution in [3.63, 3.8) is 0 Å². The molecular formula is C22H27N3O2. The van der Waals surface area contributed by atoms with Crippen LogP contribution in [0.1, 0.15) is 37.5 Å². The molecule has 2 aliphatic heterocycles. The number of hydrogen-bond donors (Lipinski definition) is 0. The molecule has 5 nitrogen and oxygen atoms in total. The number of likely N-dealkylation sites (N-methyl/N-ethyl adjacent to an activating group) is 1. The van der Waals surface area contributed by atoms with E-state index in [0.717, 1.165) is 16.7 Å². The number of amides is 1. The molecule has 0 aromatic heterocycles. The maximum absolute atomic E-state index is 12.7. The number of fused-ring (bicyclic) bond motifs is 1. The lowest BCUT2D eigenvalue weighted by Gasteiger charge is -2.41. The van der Waals surface area contributed by atoms with Crippen LogP contribution in [0.2, 0.25) is 0 Å². The molecule has 1 amide bonds. The summed E-state index contributed by atoms with van der Waals surface area (Å²) in [5, 5.41) is 9.56. The summed E-state index contributed by atoms with van der Waals surface area (Å²) >= 11 is 0. The van der Waals surface area contributed by atoms with Crippen LogP contribution in [0.15, 0.2) is 23.8 Å². The van der Waals surface area contributed by atoms with E-state index in [1.807, 2.05) is 6.92 Å². The summed E-state index contributed by atoms with van der Waals surface area (Å²) in [6.45, 7) is 10.6. The molecule has 142 valence electrons. The predicted octanol–water partition coefficient (Wildman–Crippen LogP) is 3.39. The van der Waals surface area contributed by atoms with Crippen molar-refractivity contribution in [2.45, 2.75) is 33.2 Å². The summed E-state index contributed by atoms with van der Waals surface area (Å²) in [4.78, 5) is 16.6. The smallest absolute Gasteiger partial charge is 0.264 e. The van der Waals surface area contributed by atoms with Crippen LogP contribution in [-0.2, 0) is 9.53 Å². The molecule has 1 fully saturated rings. The lowest BCUT2D eigenvalue weighted by molar-refractivity contribution is -0.130. The summed E-state index contributed by atoms with van der Waals surface area (Å²) in [7, 11) is 2.10. The Hall–Kier alpha value is -2.58. The third-order valence-electron chi connectivity index (χ3n) is 5.55. The van der Waals surface area contributed by atoms with E-state index in [-0.39, 0.29) is 17.0 Å². The molecule has 1 aromatic carbocycles. The van der Waals surface area contributed by atoms with Crippen molar-refractivity contribution in [3.8, 4) is 6.07 Å². The summed E-state index contributed by atoms with van der Waals surface area (Å²) in [5.74, 6) is -0.219. The number of benzene rings is 1. The van der Waals surface area contributed by atoms with Gasteiger partial charge in [0.1, 0.15) is 11.6 Å². The van der Waals surface area contributed by atoms with Crippen molar-refractivity contribution >= 4 is 23.2 Å². The van der Waals surface area contributed by atoms with Crippen molar-refractivity contribution < 1.29 is 9.53 Å². The second kappa shape index (κ2) is 7.21. The van der Waals surface area contributed by atoms with E-state index in [0.29, 0.717) is 26.3 Å². The number of hydrogen-bond acceptors (Lipinski definition) is 4. The molecule has 1 saturated heterocycles. The van der Waals surface area contributed by atoms with Crippen LogP contribution in [0.5, 0.6) is 0 Å². The largest absolute Gasteiger partial charge is 0.378 e. The van der Waals surface area contributed by atoms with Crippen molar-refractivity contribution in [2.24, 2.45) is 0 Å². The Labute approximate surface area is 161 Å². The topological polar surface area (TPSA) is 56.6 Å². The number of allylic oxidation sites excluding steroid dienone is 1. The Kier molecular flexibility index (Phi) is 5.12. The minimum Gasteiger partial charge on any atom is -0.378 e. The molecule has 0 saturated carbocycles. The van der Waals surface area contributed by atoms with Crippen LogP contribution < -0.4 is 4.90 Å². The number of carbonyl (C=O) groups is 1. The lowest BCUT2D eigenvalue weighted by atomic mass is 9.87. The van der Waals surface area contributed by atoms with Crippen LogP contribution >= 0.6 is 0 Å². The molecule has 0 aliphatic carbocycles. The summed E-state index contributed by atoms with van der Waals surface area (Å²) in [6, 6.07) is 6.33. The molecule has 3 rings (SSSR count). The van der Waals surface area contributed by atoms with Gasteiger partial charge in [0, 0.05) is 31.4 Å². The Morgan fingerprint density at radius 1 is 1.26 bits per heavy atom. The first-order valence-electron chi connectivity index (χ1n) is 9.31. The van der Waals surface area contributed by atoms with E-state index in [1.54, 1.807) is 11.0 Å². The number of aryl methyl sites for hydroxylation is 1. The predicted molar refractivity (Wildman–Crippen MR) is 108 cm³/mol. The van der Waals surface area contributed by atoms with Crippen LogP contribution in [0, 0.1) is 18.3 Å². The van der Waals surface area contributed by atoms with Gasteiger partial charge in [-0.05, 0) is 62.6 Å². The number of rotatable bonds is 2. The van der Waals surface area contributed by atoms with Crippen LogP contribution in [0.4, 0.5) is 5.69 Å². The van der Waals surface area contributed by atoms with Gasteiger partial charge in [-0.15, -0.1) is 0 Å². The minimum atomic E-state index is -0.219. The zero-order valence-electron chi connectivity index (χ0n) is 16.8. The molecule has 2 heterocycles. The van der Waals surface area contributed by atoms with Crippen molar-refractivity contribution in [3.05, 3.63) is 40.5 Å². The average Bonchev–Trinajstić information content (AvgIpc) is 2.65. The first-order chi connectivity index (χ1) is 12.7.